The maximum atomic E-state index is 11.9. The Balaban J connectivity index is 0.00000774. The Kier molecular flexibility index (Phi) is 19.4. The van der Waals surface area contributed by atoms with E-state index in [-0.39, 0.29) is 46.7 Å². The minimum atomic E-state index is -1.65. The predicted molar refractivity (Wildman–Crippen MR) is 283 cm³/mol. The van der Waals surface area contributed by atoms with E-state index in [1.807, 2.05) is 24.3 Å². The number of aromatic amines is 1. The number of H-pyrrole nitrogens is 1. The Morgan fingerprint density at radius 1 is 0.650 bits per heavy atom. The van der Waals surface area contributed by atoms with Gasteiger partial charge in [-0.15, -0.1) is 10.2 Å². The van der Waals surface area contributed by atoms with Gasteiger partial charge >= 0.3 is 0 Å². The number of nitrogens with one attached hydrogen (secondary N) is 1. The van der Waals surface area contributed by atoms with E-state index in [0.717, 1.165) is 48.6 Å². The summed E-state index contributed by atoms with van der Waals surface area (Å²) < 4.78 is 51.7. The first-order chi connectivity index (χ1) is 38.0. The largest absolute Gasteiger partial charge is 0.492 e. The van der Waals surface area contributed by atoms with Crippen LogP contribution in [-0.2, 0) is 59.5 Å². The van der Waals surface area contributed by atoms with Crippen LogP contribution in [0.4, 0.5) is 5.69 Å². The number of hydrogen-bond donors (Lipinski definition) is 13. The molecule has 7 heterocycles. The Hall–Kier alpha value is -5.01. The van der Waals surface area contributed by atoms with Crippen LogP contribution in [0.15, 0.2) is 54.9 Å². The fourth-order valence-corrected chi connectivity index (χ4v) is 10.6. The highest BCUT2D eigenvalue weighted by atomic mass is 16.8. The number of piperazine rings is 1. The zero-order chi connectivity index (χ0) is 55.6. The summed E-state index contributed by atoms with van der Waals surface area (Å²) >= 11 is 0. The lowest BCUT2D eigenvalue weighted by Gasteiger charge is -2.47. The second-order valence-electron chi connectivity index (χ2n) is 20.9. The summed E-state index contributed by atoms with van der Waals surface area (Å²) in [6.07, 6.45) is -17.0. The number of imidazole rings is 1. The molecule has 1 saturated carbocycles. The van der Waals surface area contributed by atoms with E-state index in [1.54, 1.807) is 17.1 Å². The van der Waals surface area contributed by atoms with Gasteiger partial charge < -0.3 is 118 Å². The number of likely N-dealkylation sites (N-methyl/N-ethyl adjacent to an activating group) is 1. The Morgan fingerprint density at radius 2 is 1.24 bits per heavy atom. The minimum Gasteiger partial charge on any atom is -0.492 e. The molecule has 442 valence electrons. The van der Waals surface area contributed by atoms with E-state index in [4.69, 9.17) is 77.3 Å². The van der Waals surface area contributed by atoms with Crippen LogP contribution in [0.25, 0.3) is 22.4 Å². The number of aliphatic hydroxyl groups excluding tert-OH is 6. The first-order valence-electron chi connectivity index (χ1n) is 26.5. The molecule has 0 radical (unpaired) electrons. The molecule has 7 unspecified atom stereocenters. The molecule has 19 atom stereocenters. The molecule has 3 aromatic heterocycles. The lowest BCUT2D eigenvalue weighted by molar-refractivity contribution is -0.306. The Bertz CT molecular complexity index is 2730. The molecule has 5 fully saturated rings. The van der Waals surface area contributed by atoms with Crippen LogP contribution >= 0.6 is 0 Å². The number of aliphatic hydroxyl groups is 6. The number of nitrogens with zero attached hydrogens (tertiary/aromatic N) is 9. The zero-order valence-electron chi connectivity index (χ0n) is 43.6. The molecular weight excluding hydrogens is 1050 g/mol. The van der Waals surface area contributed by atoms with Gasteiger partial charge in [-0.2, -0.15) is 0 Å². The summed E-state index contributed by atoms with van der Waals surface area (Å²) in [6, 6.07) is 9.74. The number of nitrogens with two attached hydrogens (primary N) is 6. The molecule has 0 spiro atoms. The van der Waals surface area contributed by atoms with Gasteiger partial charge in [-0.3, -0.25) is 0 Å². The molecule has 10 rings (SSSR count). The molecule has 0 amide bonds. The molecule has 80 heavy (non-hydrogen) atoms. The summed E-state index contributed by atoms with van der Waals surface area (Å²) in [7, 11) is 2.15. The molecule has 30 heteroatoms. The fourth-order valence-electron chi connectivity index (χ4n) is 10.6. The summed E-state index contributed by atoms with van der Waals surface area (Å²) in [5.41, 5.74) is 41.9. The molecule has 5 aromatic rings. The molecule has 30 nitrogen and oxygen atoms in total. The Labute approximate surface area is 461 Å². The van der Waals surface area contributed by atoms with Crippen LogP contribution in [-0.4, -0.2) is 245 Å². The number of fused-ring (bicyclic) bond motifs is 1. The molecule has 4 saturated heterocycles. The topological polar surface area (TPSA) is 448 Å². The van der Waals surface area contributed by atoms with Crippen molar-refractivity contribution in [3.63, 3.8) is 0 Å². The van der Waals surface area contributed by atoms with Crippen molar-refractivity contribution in [1.29, 1.82) is 0 Å². The number of ether oxygens (including phenoxy) is 8. The van der Waals surface area contributed by atoms with Gasteiger partial charge in [-0.25, -0.2) is 14.3 Å². The van der Waals surface area contributed by atoms with E-state index in [1.165, 1.54) is 10.4 Å². The van der Waals surface area contributed by atoms with Gasteiger partial charge in [0, 0.05) is 62.6 Å². The number of hydrogen-bond acceptors (Lipinski definition) is 27. The first kappa shape index (κ1) is 59.6. The van der Waals surface area contributed by atoms with Crippen molar-refractivity contribution in [2.75, 3.05) is 57.8 Å². The molecule has 0 bridgehead atoms. The van der Waals surface area contributed by atoms with Gasteiger partial charge in [0.25, 0.3) is 0 Å². The SMILES string of the molecule is C.CN1CCN(c2ccc3nc(-c4ccc(OCCn5cc(COCc6cn(C[C@H]7OC(O[C@@H]8C(O)[C@H](N)CC(N)[C@H]8O[C@H]8OC(CN)[C@@H](O)[C@H](O)C8N)[C@@H](O)[C@H]7O[C@H]7O[C@@H](CN)[C@@H](O)C(O)C7N)nn6)nn5)cc4)[nH]c3c2)CC1. The standard InChI is InChI=1S/C49H74N16O14.CH4/c1-62-8-10-63(11-9-62)26-4-7-30-31(14-26)57-46(56-30)23-2-5-27(6-3-23)73-13-12-64-18-24(58-60-64)21-72-22-25-19-65(61-59-25)20-34-44(78-48-36(55)41(70)39(68)33(17-51)75-48)42(71)49(76-34)79-45-37(66)28(52)15-29(53)43(45)77-47-35(54)40(69)38(67)32(16-50)74-47;/h2-7,14,18-19,28-29,32-45,47-49,66-71H,8-13,15-17,20-22,50-55H2,1H3,(H,56,57);1H4/t28-,29?,32?,33+,34-,35?,36?,37?,38-,39-,40-,41?,42+,43-,44+,45-,47-,48-,49?;/m1./s1. The quantitative estimate of drug-likeness (QED) is 0.0346. The van der Waals surface area contributed by atoms with Crippen molar-refractivity contribution in [2.24, 2.45) is 34.4 Å². The van der Waals surface area contributed by atoms with Crippen molar-refractivity contribution in [3.8, 4) is 17.1 Å². The molecule has 1 aliphatic carbocycles. The van der Waals surface area contributed by atoms with Gasteiger partial charge in [0.2, 0.25) is 0 Å². The lowest BCUT2D eigenvalue weighted by atomic mass is 9.84. The normalized spacial score (nSPS) is 35.2. The second-order valence-corrected chi connectivity index (χ2v) is 20.9. The average Bonchev–Trinajstić information content (AvgIpc) is 4.33. The lowest BCUT2D eigenvalue weighted by Crippen LogP contribution is -2.68. The van der Waals surface area contributed by atoms with Gasteiger partial charge in [-0.1, -0.05) is 17.9 Å². The second kappa shape index (κ2) is 26.1. The Morgan fingerprint density at radius 3 is 1.88 bits per heavy atom. The monoisotopic (exact) mass is 1130 g/mol. The summed E-state index contributed by atoms with van der Waals surface area (Å²) in [6.45, 7) is 4.47. The third-order valence-electron chi connectivity index (χ3n) is 15.3. The number of rotatable bonds is 20. The summed E-state index contributed by atoms with van der Waals surface area (Å²) in [4.78, 5) is 13.0. The molecule has 5 aliphatic rings. The van der Waals surface area contributed by atoms with E-state index >= 15 is 0 Å². The van der Waals surface area contributed by atoms with Gasteiger partial charge in [0.1, 0.15) is 96.7 Å². The molecule has 2 aromatic carbocycles. The molecular formula is C50H78N16O14. The zero-order valence-corrected chi connectivity index (χ0v) is 43.6. The van der Waals surface area contributed by atoms with E-state index in [2.05, 4.69) is 60.7 Å². The van der Waals surface area contributed by atoms with Crippen molar-refractivity contribution < 1.29 is 68.5 Å². The third kappa shape index (κ3) is 13.1. The smallest absolute Gasteiger partial charge is 0.187 e. The number of benzene rings is 2. The summed E-state index contributed by atoms with van der Waals surface area (Å²) in [5, 5.41) is 82.7. The number of anilines is 1. The first-order valence-corrected chi connectivity index (χ1v) is 26.5. The van der Waals surface area contributed by atoms with Crippen LogP contribution in [0.1, 0.15) is 25.2 Å². The molecule has 4 aliphatic heterocycles. The average molecular weight is 1130 g/mol. The van der Waals surface area contributed by atoms with Crippen molar-refractivity contribution in [2.45, 2.75) is 156 Å². The number of aromatic nitrogens is 8. The van der Waals surface area contributed by atoms with Gasteiger partial charge in [0.05, 0.1) is 67.9 Å². The van der Waals surface area contributed by atoms with Crippen LogP contribution < -0.4 is 44.0 Å². The van der Waals surface area contributed by atoms with Crippen LogP contribution in [0.5, 0.6) is 5.75 Å². The van der Waals surface area contributed by atoms with Crippen molar-refractivity contribution in [1.82, 2.24) is 44.9 Å². The van der Waals surface area contributed by atoms with Gasteiger partial charge in [0.15, 0.2) is 18.9 Å². The third-order valence-corrected chi connectivity index (χ3v) is 15.3. The van der Waals surface area contributed by atoms with Crippen LogP contribution in [0.3, 0.4) is 0 Å². The highest BCUT2D eigenvalue weighted by molar-refractivity contribution is 5.83. The van der Waals surface area contributed by atoms with Crippen LogP contribution in [0, 0.1) is 0 Å². The predicted octanol–water partition coefficient (Wildman–Crippen LogP) is -5.28. The maximum absolute atomic E-state index is 11.9. The van der Waals surface area contributed by atoms with E-state index < -0.39 is 116 Å². The maximum Gasteiger partial charge on any atom is 0.187 e. The molecule has 19 N–H and O–H groups in total. The fraction of sp³-hybridized carbons (Fsp3) is 0.660. The van der Waals surface area contributed by atoms with Crippen molar-refractivity contribution in [3.05, 3.63) is 66.2 Å². The van der Waals surface area contributed by atoms with Crippen LogP contribution in [0.2, 0.25) is 0 Å². The van der Waals surface area contributed by atoms with Gasteiger partial charge in [-0.05, 0) is 55.9 Å². The van der Waals surface area contributed by atoms with Crippen molar-refractivity contribution >= 4 is 16.7 Å². The van der Waals surface area contributed by atoms with E-state index in [0.29, 0.717) is 30.3 Å². The minimum absolute atomic E-state index is 0. The highest BCUT2D eigenvalue weighted by Crippen LogP contribution is 2.35. The summed E-state index contributed by atoms with van der Waals surface area (Å²) in [5.74, 6) is 1.48. The van der Waals surface area contributed by atoms with E-state index in [9.17, 15) is 30.6 Å². The highest BCUT2D eigenvalue weighted by Gasteiger charge is 2.54.